The zero-order valence-corrected chi connectivity index (χ0v) is 14.7. The number of rotatable bonds is 5. The maximum Gasteiger partial charge on any atom is 0.335 e. The normalized spacial score (nSPS) is 10.4. The van der Waals surface area contributed by atoms with E-state index in [4.69, 9.17) is 5.11 Å². The SMILES string of the molecule is O=C(O)c1cccc(CCNC(=O)c2cc(Br)sc2Br)c1. The standard InChI is InChI=1S/C14H11Br2NO3S/c15-11-7-10(12(16)21-11)13(18)17-5-4-8-2-1-3-9(6-8)14(19)20/h1-3,6-7H,4-5H2,(H,17,18)(H,19,20). The predicted molar refractivity (Wildman–Crippen MR) is 89.2 cm³/mol. The lowest BCUT2D eigenvalue weighted by Gasteiger charge is -2.05. The lowest BCUT2D eigenvalue weighted by molar-refractivity contribution is 0.0696. The number of halogens is 2. The molecule has 7 heteroatoms. The van der Waals surface area contributed by atoms with Crippen LogP contribution in [0.2, 0.25) is 0 Å². The van der Waals surface area contributed by atoms with Gasteiger partial charge in [0.25, 0.3) is 5.91 Å². The highest BCUT2D eigenvalue weighted by molar-refractivity contribution is 9.12. The van der Waals surface area contributed by atoms with Gasteiger partial charge in [0.2, 0.25) is 0 Å². The third-order valence-electron chi connectivity index (χ3n) is 2.77. The van der Waals surface area contributed by atoms with Crippen molar-refractivity contribution in [3.8, 4) is 0 Å². The summed E-state index contributed by atoms with van der Waals surface area (Å²) in [6, 6.07) is 8.47. The molecule has 21 heavy (non-hydrogen) atoms. The van der Waals surface area contributed by atoms with Gasteiger partial charge in [0.05, 0.1) is 18.7 Å². The molecule has 0 saturated heterocycles. The van der Waals surface area contributed by atoms with Crippen molar-refractivity contribution in [1.29, 1.82) is 0 Å². The van der Waals surface area contributed by atoms with Crippen LogP contribution in [0.3, 0.4) is 0 Å². The minimum atomic E-state index is -0.951. The molecule has 0 fully saturated rings. The first-order chi connectivity index (χ1) is 9.97. The van der Waals surface area contributed by atoms with Crippen LogP contribution in [0.5, 0.6) is 0 Å². The molecule has 0 unspecified atom stereocenters. The lowest BCUT2D eigenvalue weighted by Crippen LogP contribution is -2.25. The van der Waals surface area contributed by atoms with Gasteiger partial charge < -0.3 is 10.4 Å². The molecule has 0 aliphatic heterocycles. The summed E-state index contributed by atoms with van der Waals surface area (Å²) < 4.78 is 1.66. The molecular weight excluding hydrogens is 422 g/mol. The van der Waals surface area contributed by atoms with Crippen molar-refractivity contribution in [3.05, 3.63) is 54.6 Å². The van der Waals surface area contributed by atoms with E-state index in [1.807, 2.05) is 6.07 Å². The number of carbonyl (C=O) groups excluding carboxylic acids is 1. The summed E-state index contributed by atoms with van der Waals surface area (Å²) in [4.78, 5) is 22.9. The van der Waals surface area contributed by atoms with Gasteiger partial charge in [-0.2, -0.15) is 0 Å². The number of thiophene rings is 1. The summed E-state index contributed by atoms with van der Waals surface area (Å²) in [6.45, 7) is 0.446. The zero-order chi connectivity index (χ0) is 15.4. The van der Waals surface area contributed by atoms with Gasteiger partial charge in [-0.3, -0.25) is 4.79 Å². The maximum atomic E-state index is 12.0. The molecule has 1 amide bonds. The molecule has 4 nitrogen and oxygen atoms in total. The number of benzene rings is 1. The molecule has 0 spiro atoms. The fourth-order valence-electron chi connectivity index (χ4n) is 1.77. The third kappa shape index (κ3) is 4.39. The zero-order valence-electron chi connectivity index (χ0n) is 10.7. The Hall–Kier alpha value is -1.18. The monoisotopic (exact) mass is 431 g/mol. The lowest BCUT2D eigenvalue weighted by atomic mass is 10.1. The van der Waals surface area contributed by atoms with E-state index >= 15 is 0 Å². The van der Waals surface area contributed by atoms with Crippen LogP contribution in [-0.4, -0.2) is 23.5 Å². The Balaban J connectivity index is 1.92. The van der Waals surface area contributed by atoms with Crippen molar-refractivity contribution in [3.63, 3.8) is 0 Å². The number of aromatic carboxylic acids is 1. The van der Waals surface area contributed by atoms with Crippen LogP contribution in [0.1, 0.15) is 26.3 Å². The highest BCUT2D eigenvalue weighted by atomic mass is 79.9. The Bertz CT molecular complexity index is 685. The van der Waals surface area contributed by atoms with Crippen molar-refractivity contribution < 1.29 is 14.7 Å². The quantitative estimate of drug-likeness (QED) is 0.751. The molecule has 0 aliphatic carbocycles. The highest BCUT2D eigenvalue weighted by Crippen LogP contribution is 2.31. The van der Waals surface area contributed by atoms with Crippen molar-refractivity contribution in [2.75, 3.05) is 6.54 Å². The van der Waals surface area contributed by atoms with E-state index < -0.39 is 5.97 Å². The van der Waals surface area contributed by atoms with Gasteiger partial charge >= 0.3 is 5.97 Å². The van der Waals surface area contributed by atoms with Gasteiger partial charge in [-0.25, -0.2) is 4.79 Å². The van der Waals surface area contributed by atoms with Crippen LogP contribution in [0.25, 0.3) is 0 Å². The second-order valence-electron chi connectivity index (χ2n) is 4.25. The number of amides is 1. The Labute approximate surface area is 142 Å². The van der Waals surface area contributed by atoms with E-state index in [0.29, 0.717) is 18.5 Å². The first-order valence-electron chi connectivity index (χ1n) is 6.02. The molecule has 0 aliphatic rings. The van der Waals surface area contributed by atoms with E-state index in [-0.39, 0.29) is 11.5 Å². The number of nitrogens with one attached hydrogen (secondary N) is 1. The first kappa shape index (κ1) is 16.2. The number of hydrogen-bond donors (Lipinski definition) is 2. The fourth-order valence-corrected chi connectivity index (χ4v) is 4.56. The van der Waals surface area contributed by atoms with Crippen molar-refractivity contribution >= 4 is 55.1 Å². The molecule has 1 aromatic heterocycles. The first-order valence-corrected chi connectivity index (χ1v) is 8.43. The van der Waals surface area contributed by atoms with Gasteiger partial charge in [0.1, 0.15) is 0 Å². The van der Waals surface area contributed by atoms with Gasteiger partial charge in [-0.05, 0) is 62.0 Å². The molecule has 110 valence electrons. The number of carboxylic acid groups (broad SMARTS) is 1. The van der Waals surface area contributed by atoms with Gasteiger partial charge in [0, 0.05) is 6.54 Å². The minimum Gasteiger partial charge on any atom is -0.478 e. The summed E-state index contributed by atoms with van der Waals surface area (Å²) in [5.74, 6) is -1.11. The Morgan fingerprint density at radius 3 is 2.62 bits per heavy atom. The van der Waals surface area contributed by atoms with Crippen LogP contribution < -0.4 is 5.32 Å². The molecule has 0 atom stereocenters. The van der Waals surface area contributed by atoms with Crippen molar-refractivity contribution in [2.24, 2.45) is 0 Å². The molecule has 0 radical (unpaired) electrons. The number of carboxylic acids is 1. The molecule has 0 saturated carbocycles. The van der Waals surface area contributed by atoms with E-state index in [2.05, 4.69) is 37.2 Å². The van der Waals surface area contributed by atoms with Gasteiger partial charge in [0.15, 0.2) is 0 Å². The largest absolute Gasteiger partial charge is 0.478 e. The Morgan fingerprint density at radius 1 is 1.24 bits per heavy atom. The summed E-state index contributed by atoms with van der Waals surface area (Å²) in [5, 5.41) is 11.7. The van der Waals surface area contributed by atoms with Gasteiger partial charge in [-0.15, -0.1) is 11.3 Å². The number of hydrogen-bond acceptors (Lipinski definition) is 3. The van der Waals surface area contributed by atoms with Crippen LogP contribution in [-0.2, 0) is 6.42 Å². The molecule has 2 rings (SSSR count). The van der Waals surface area contributed by atoms with Crippen LogP contribution in [0.4, 0.5) is 0 Å². The average Bonchev–Trinajstić information content (AvgIpc) is 2.78. The molecule has 2 aromatic rings. The van der Waals surface area contributed by atoms with Crippen LogP contribution >= 0.6 is 43.2 Å². The average molecular weight is 433 g/mol. The van der Waals surface area contributed by atoms with E-state index in [1.165, 1.54) is 11.3 Å². The Kier molecular flexibility index (Phi) is 5.55. The van der Waals surface area contributed by atoms with E-state index in [1.54, 1.807) is 24.3 Å². The smallest absolute Gasteiger partial charge is 0.335 e. The summed E-state index contributed by atoms with van der Waals surface area (Å²) in [6.07, 6.45) is 0.579. The Morgan fingerprint density at radius 2 is 2.00 bits per heavy atom. The van der Waals surface area contributed by atoms with E-state index in [0.717, 1.165) is 13.1 Å². The van der Waals surface area contributed by atoms with Crippen molar-refractivity contribution in [2.45, 2.75) is 6.42 Å². The van der Waals surface area contributed by atoms with Crippen LogP contribution in [0, 0.1) is 0 Å². The molecule has 2 N–H and O–H groups in total. The minimum absolute atomic E-state index is 0.154. The van der Waals surface area contributed by atoms with Crippen LogP contribution in [0.15, 0.2) is 37.9 Å². The topological polar surface area (TPSA) is 66.4 Å². The third-order valence-corrected chi connectivity index (χ3v) is 5.11. The predicted octanol–water partition coefficient (Wildman–Crippen LogP) is 3.94. The molecular formula is C14H11Br2NO3S. The highest BCUT2D eigenvalue weighted by Gasteiger charge is 2.13. The summed E-state index contributed by atoms with van der Waals surface area (Å²) in [7, 11) is 0. The number of carbonyl (C=O) groups is 2. The second kappa shape index (κ2) is 7.20. The fraction of sp³-hybridized carbons (Fsp3) is 0.143. The maximum absolute atomic E-state index is 12.0. The molecule has 1 aromatic carbocycles. The summed E-state index contributed by atoms with van der Waals surface area (Å²) >= 11 is 8.11. The van der Waals surface area contributed by atoms with Crippen molar-refractivity contribution in [1.82, 2.24) is 5.32 Å². The molecule has 0 bridgehead atoms. The van der Waals surface area contributed by atoms with Gasteiger partial charge in [-0.1, -0.05) is 12.1 Å². The summed E-state index contributed by atoms with van der Waals surface area (Å²) in [5.41, 5.74) is 1.72. The van der Waals surface area contributed by atoms with E-state index in [9.17, 15) is 9.59 Å². The molecule has 1 heterocycles. The second-order valence-corrected chi connectivity index (χ2v) is 8.00.